The molecule has 0 N–H and O–H groups in total. The van der Waals surface area contributed by atoms with Crippen molar-refractivity contribution < 1.29 is 0 Å². The fourth-order valence-corrected chi connectivity index (χ4v) is 0.999. The summed E-state index contributed by atoms with van der Waals surface area (Å²) in [6, 6.07) is 7.34. The molecule has 0 saturated carbocycles. The summed E-state index contributed by atoms with van der Waals surface area (Å²) in [4.78, 5) is 2.76. The summed E-state index contributed by atoms with van der Waals surface area (Å²) in [5.41, 5.74) is 13.8. The molecule has 0 bridgehead atoms. The lowest BCUT2D eigenvalue weighted by Gasteiger charge is -1.95. The monoisotopic (exact) mass is 197 g/mol. The second-order valence-electron chi connectivity index (χ2n) is 2.92. The van der Waals surface area contributed by atoms with Crippen LogP contribution in [0.4, 0.5) is 5.69 Å². The number of nitrogens with zero attached hydrogens (tertiary/aromatic N) is 3. The molecular formula is C12H11N3. The lowest BCUT2D eigenvalue weighted by molar-refractivity contribution is 1.46. The van der Waals surface area contributed by atoms with E-state index in [1.165, 1.54) is 0 Å². The number of benzene rings is 1. The van der Waals surface area contributed by atoms with Crippen molar-refractivity contribution in [3.8, 4) is 0 Å². The largest absolute Gasteiger partial charge is 0.117 e. The van der Waals surface area contributed by atoms with Crippen molar-refractivity contribution in [2.45, 2.75) is 6.92 Å². The first kappa shape index (κ1) is 10.9. The zero-order valence-corrected chi connectivity index (χ0v) is 8.51. The van der Waals surface area contributed by atoms with E-state index in [-0.39, 0.29) is 0 Å². The van der Waals surface area contributed by atoms with Crippen molar-refractivity contribution in [2.24, 2.45) is 5.11 Å². The number of hydrogen-bond donors (Lipinski definition) is 0. The van der Waals surface area contributed by atoms with Crippen molar-refractivity contribution in [1.29, 1.82) is 0 Å². The van der Waals surface area contributed by atoms with Gasteiger partial charge in [-0.2, -0.15) is 0 Å². The second-order valence-corrected chi connectivity index (χ2v) is 2.92. The minimum Gasteiger partial charge on any atom is -0.117 e. The van der Waals surface area contributed by atoms with Crippen molar-refractivity contribution >= 4 is 11.8 Å². The molecule has 1 aromatic rings. The van der Waals surface area contributed by atoms with E-state index in [9.17, 15) is 0 Å². The standard InChI is InChI=1S/C12H11N3/c1-3-10(2)8-9-11-6-4-5-7-12(11)14-15-13/h3-7,9H,1H2,2H3. The molecule has 0 spiro atoms. The van der Waals surface area contributed by atoms with Crippen LogP contribution in [0, 0.1) is 0 Å². The van der Waals surface area contributed by atoms with Gasteiger partial charge in [0.25, 0.3) is 0 Å². The smallest absolute Gasteiger partial charge is 0.0453 e. The van der Waals surface area contributed by atoms with E-state index >= 15 is 0 Å². The van der Waals surface area contributed by atoms with Crippen LogP contribution < -0.4 is 0 Å². The van der Waals surface area contributed by atoms with Crippen LogP contribution in [0.1, 0.15) is 12.5 Å². The Labute approximate surface area is 88.7 Å². The maximum Gasteiger partial charge on any atom is 0.0453 e. The third kappa shape index (κ3) is 3.20. The Morgan fingerprint density at radius 1 is 1.53 bits per heavy atom. The third-order valence-electron chi connectivity index (χ3n) is 1.85. The van der Waals surface area contributed by atoms with E-state index in [1.54, 1.807) is 18.2 Å². The molecule has 0 fully saturated rings. The van der Waals surface area contributed by atoms with Crippen LogP contribution >= 0.6 is 0 Å². The minimum atomic E-state index is 0.601. The summed E-state index contributed by atoms with van der Waals surface area (Å²) in [5.74, 6) is 0. The predicted molar refractivity (Wildman–Crippen MR) is 62.6 cm³/mol. The molecule has 0 radical (unpaired) electrons. The van der Waals surface area contributed by atoms with Gasteiger partial charge < -0.3 is 0 Å². The molecular weight excluding hydrogens is 186 g/mol. The Balaban J connectivity index is 3.20. The van der Waals surface area contributed by atoms with Gasteiger partial charge in [-0.05, 0) is 29.7 Å². The molecule has 0 atom stereocenters. The van der Waals surface area contributed by atoms with Crippen LogP contribution in [0.3, 0.4) is 0 Å². The van der Waals surface area contributed by atoms with E-state index < -0.39 is 0 Å². The zero-order chi connectivity index (χ0) is 11.1. The molecule has 3 nitrogen and oxygen atoms in total. The van der Waals surface area contributed by atoms with Gasteiger partial charge in [-0.15, -0.1) is 5.73 Å². The third-order valence-corrected chi connectivity index (χ3v) is 1.85. The fraction of sp³-hybridized carbons (Fsp3) is 0.0833. The van der Waals surface area contributed by atoms with Gasteiger partial charge in [0, 0.05) is 10.6 Å². The van der Waals surface area contributed by atoms with Gasteiger partial charge in [0.1, 0.15) is 0 Å². The average Bonchev–Trinajstić information content (AvgIpc) is 2.28. The maximum absolute atomic E-state index is 8.37. The van der Waals surface area contributed by atoms with Crippen LogP contribution in [0.15, 0.2) is 53.3 Å². The van der Waals surface area contributed by atoms with E-state index in [0.29, 0.717) is 5.69 Å². The molecule has 1 aromatic carbocycles. The molecule has 15 heavy (non-hydrogen) atoms. The van der Waals surface area contributed by atoms with Crippen molar-refractivity contribution in [1.82, 2.24) is 0 Å². The Morgan fingerprint density at radius 2 is 2.27 bits per heavy atom. The summed E-state index contributed by atoms with van der Waals surface area (Å²) in [7, 11) is 0. The van der Waals surface area contributed by atoms with Crippen LogP contribution in [0.25, 0.3) is 16.5 Å². The normalized spacial score (nSPS) is 8.33. The molecule has 0 heterocycles. The van der Waals surface area contributed by atoms with Gasteiger partial charge in [0.2, 0.25) is 0 Å². The van der Waals surface area contributed by atoms with Gasteiger partial charge in [-0.1, -0.05) is 42.0 Å². The number of azide groups is 1. The lowest BCUT2D eigenvalue weighted by Crippen LogP contribution is -1.71. The van der Waals surface area contributed by atoms with Crippen LogP contribution in [0.5, 0.6) is 0 Å². The van der Waals surface area contributed by atoms with Crippen LogP contribution in [-0.2, 0) is 0 Å². The molecule has 0 aliphatic carbocycles. The van der Waals surface area contributed by atoms with E-state index in [4.69, 9.17) is 5.53 Å². The number of rotatable bonds is 3. The van der Waals surface area contributed by atoms with Gasteiger partial charge in [0.05, 0.1) is 0 Å². The van der Waals surface area contributed by atoms with Gasteiger partial charge in [0.15, 0.2) is 0 Å². The summed E-state index contributed by atoms with van der Waals surface area (Å²) < 4.78 is 0. The Kier molecular flexibility index (Phi) is 3.99. The van der Waals surface area contributed by atoms with Crippen molar-refractivity contribution in [2.75, 3.05) is 0 Å². The predicted octanol–water partition coefficient (Wildman–Crippen LogP) is 4.37. The summed E-state index contributed by atoms with van der Waals surface area (Å²) in [5, 5.41) is 3.58. The highest BCUT2D eigenvalue weighted by Crippen LogP contribution is 2.19. The molecule has 0 saturated heterocycles. The van der Waals surface area contributed by atoms with Crippen LogP contribution in [-0.4, -0.2) is 0 Å². The second kappa shape index (κ2) is 5.51. The summed E-state index contributed by atoms with van der Waals surface area (Å²) in [6.45, 7) is 5.53. The molecule has 3 heteroatoms. The molecule has 0 unspecified atom stereocenters. The maximum atomic E-state index is 8.37. The first-order valence-corrected chi connectivity index (χ1v) is 4.48. The quantitative estimate of drug-likeness (QED) is 0.227. The first-order valence-electron chi connectivity index (χ1n) is 4.48. The Morgan fingerprint density at radius 3 is 2.93 bits per heavy atom. The summed E-state index contributed by atoms with van der Waals surface area (Å²) in [6.07, 6.45) is 3.49. The molecule has 0 aliphatic rings. The van der Waals surface area contributed by atoms with E-state index in [1.807, 2.05) is 25.1 Å². The van der Waals surface area contributed by atoms with Crippen molar-refractivity contribution in [3.05, 3.63) is 64.2 Å². The Bertz CT molecular complexity index is 473. The van der Waals surface area contributed by atoms with Gasteiger partial charge in [-0.25, -0.2) is 0 Å². The molecule has 1 rings (SSSR count). The minimum absolute atomic E-state index is 0.601. The molecule has 74 valence electrons. The number of allylic oxidation sites excluding steroid dienone is 2. The molecule has 0 aliphatic heterocycles. The number of hydrogen-bond acceptors (Lipinski definition) is 1. The highest BCUT2D eigenvalue weighted by molar-refractivity contribution is 5.63. The van der Waals surface area contributed by atoms with E-state index in [0.717, 1.165) is 11.1 Å². The zero-order valence-electron chi connectivity index (χ0n) is 8.51. The molecule has 0 aromatic heterocycles. The first-order chi connectivity index (χ1) is 7.27. The topological polar surface area (TPSA) is 48.8 Å². The SMILES string of the molecule is C=CC(C)=C=Cc1ccccc1N=[N+]=[N-]. The highest BCUT2D eigenvalue weighted by Gasteiger charge is 1.93. The van der Waals surface area contributed by atoms with Crippen LogP contribution in [0.2, 0.25) is 0 Å². The van der Waals surface area contributed by atoms with Gasteiger partial charge >= 0.3 is 0 Å². The summed E-state index contributed by atoms with van der Waals surface area (Å²) >= 11 is 0. The highest BCUT2D eigenvalue weighted by atomic mass is 15.1. The Hall–Kier alpha value is -2.21. The average molecular weight is 197 g/mol. The van der Waals surface area contributed by atoms with Crippen molar-refractivity contribution in [3.63, 3.8) is 0 Å². The fourth-order valence-electron chi connectivity index (χ4n) is 0.999. The lowest BCUT2D eigenvalue weighted by atomic mass is 10.1. The van der Waals surface area contributed by atoms with Gasteiger partial charge in [-0.3, -0.25) is 0 Å². The van der Waals surface area contributed by atoms with E-state index in [2.05, 4.69) is 22.3 Å². The molecule has 0 amide bonds.